The van der Waals surface area contributed by atoms with Crippen LogP contribution in [0.5, 0.6) is 11.5 Å². The number of aryl methyl sites for hydroxylation is 2. The molecule has 1 amide bonds. The van der Waals surface area contributed by atoms with E-state index in [9.17, 15) is 9.59 Å². The summed E-state index contributed by atoms with van der Waals surface area (Å²) in [7, 11) is 3.02. The van der Waals surface area contributed by atoms with Crippen LogP contribution < -0.4 is 14.8 Å². The Morgan fingerprint density at radius 2 is 1.80 bits per heavy atom. The molecule has 134 valence electrons. The zero-order valence-corrected chi connectivity index (χ0v) is 14.9. The number of carbonyl (C=O) groups excluding carboxylic acids is 2. The second-order valence-corrected chi connectivity index (χ2v) is 5.40. The monoisotopic (exact) mass is 347 g/mol. The third-order valence-corrected chi connectivity index (χ3v) is 3.78. The van der Waals surface area contributed by atoms with E-state index in [0.29, 0.717) is 39.8 Å². The molecule has 1 aromatic carbocycles. The predicted octanol–water partition coefficient (Wildman–Crippen LogP) is 3.02. The lowest BCUT2D eigenvalue weighted by molar-refractivity contribution is -0.119. The van der Waals surface area contributed by atoms with Gasteiger partial charge in [0.25, 0.3) is 5.91 Å². The van der Waals surface area contributed by atoms with E-state index < -0.39 is 18.5 Å². The van der Waals surface area contributed by atoms with Gasteiger partial charge >= 0.3 is 5.97 Å². The molecule has 7 nitrogen and oxygen atoms in total. The van der Waals surface area contributed by atoms with Crippen molar-refractivity contribution in [3.05, 3.63) is 40.8 Å². The Bertz CT molecular complexity index is 793. The van der Waals surface area contributed by atoms with Gasteiger partial charge in [-0.1, -0.05) is 0 Å². The van der Waals surface area contributed by atoms with Crippen molar-refractivity contribution in [1.82, 2.24) is 0 Å². The molecule has 0 atom stereocenters. The topological polar surface area (TPSA) is 87.0 Å². The number of anilines is 1. The summed E-state index contributed by atoms with van der Waals surface area (Å²) in [6.45, 7) is 4.79. The number of rotatable bonds is 6. The van der Waals surface area contributed by atoms with Crippen LogP contribution in [0.1, 0.15) is 27.4 Å². The van der Waals surface area contributed by atoms with Crippen LogP contribution in [0.15, 0.2) is 22.6 Å². The lowest BCUT2D eigenvalue weighted by atomic mass is 10.1. The highest BCUT2D eigenvalue weighted by molar-refractivity contribution is 5.97. The maximum Gasteiger partial charge on any atom is 0.342 e. The number of benzene rings is 1. The number of carbonyl (C=O) groups is 2. The molecule has 1 aromatic heterocycles. The zero-order valence-electron chi connectivity index (χ0n) is 14.9. The number of esters is 1. The van der Waals surface area contributed by atoms with E-state index in [0.717, 1.165) is 0 Å². The second kappa shape index (κ2) is 7.74. The van der Waals surface area contributed by atoms with Crippen LogP contribution in [0.4, 0.5) is 5.69 Å². The summed E-state index contributed by atoms with van der Waals surface area (Å²) < 4.78 is 20.8. The molecule has 0 unspecified atom stereocenters. The molecule has 2 rings (SSSR count). The average Bonchev–Trinajstić information content (AvgIpc) is 2.85. The Balaban J connectivity index is 2.00. The minimum Gasteiger partial charge on any atom is -0.497 e. The van der Waals surface area contributed by atoms with Crippen LogP contribution in [-0.2, 0) is 9.53 Å². The van der Waals surface area contributed by atoms with Gasteiger partial charge < -0.3 is 23.9 Å². The Morgan fingerprint density at radius 1 is 1.08 bits per heavy atom. The SMILES string of the molecule is COc1ccc(NC(=O)COC(=O)c2c(C)oc(C)c2C)c(OC)c1. The van der Waals surface area contributed by atoms with Crippen LogP contribution in [-0.4, -0.2) is 32.7 Å². The van der Waals surface area contributed by atoms with E-state index in [1.807, 2.05) is 0 Å². The van der Waals surface area contributed by atoms with Crippen LogP contribution >= 0.6 is 0 Å². The molecule has 0 aliphatic carbocycles. The zero-order chi connectivity index (χ0) is 18.6. The number of ether oxygens (including phenoxy) is 3. The third-order valence-electron chi connectivity index (χ3n) is 3.78. The molecule has 0 bridgehead atoms. The summed E-state index contributed by atoms with van der Waals surface area (Å²) in [6, 6.07) is 4.97. The summed E-state index contributed by atoms with van der Waals surface area (Å²) in [4.78, 5) is 24.2. The van der Waals surface area contributed by atoms with Crippen LogP contribution in [0, 0.1) is 20.8 Å². The lowest BCUT2D eigenvalue weighted by Crippen LogP contribution is -2.21. The van der Waals surface area contributed by atoms with Gasteiger partial charge in [0.05, 0.1) is 19.9 Å². The number of amides is 1. The standard InChI is InChI=1S/C18H21NO6/c1-10-11(2)25-12(3)17(10)18(21)24-9-16(20)19-14-7-6-13(22-4)8-15(14)23-5/h6-8H,9H2,1-5H3,(H,19,20). The van der Waals surface area contributed by atoms with Crippen molar-refractivity contribution >= 4 is 17.6 Å². The van der Waals surface area contributed by atoms with Crippen LogP contribution in [0.3, 0.4) is 0 Å². The van der Waals surface area contributed by atoms with E-state index in [2.05, 4.69) is 5.32 Å². The van der Waals surface area contributed by atoms with Gasteiger partial charge in [-0.15, -0.1) is 0 Å². The van der Waals surface area contributed by atoms with Crippen molar-refractivity contribution in [3.63, 3.8) is 0 Å². The summed E-state index contributed by atoms with van der Waals surface area (Å²) in [6.07, 6.45) is 0. The second-order valence-electron chi connectivity index (χ2n) is 5.40. The summed E-state index contributed by atoms with van der Waals surface area (Å²) >= 11 is 0. The molecule has 0 radical (unpaired) electrons. The quantitative estimate of drug-likeness (QED) is 0.808. The normalized spacial score (nSPS) is 10.3. The van der Waals surface area contributed by atoms with Gasteiger partial charge in [0.2, 0.25) is 0 Å². The summed E-state index contributed by atoms with van der Waals surface area (Å²) in [5.74, 6) is 1.09. The molecule has 7 heteroatoms. The van der Waals surface area contributed by atoms with Gasteiger partial charge in [-0.05, 0) is 32.9 Å². The Hall–Kier alpha value is -2.96. The Morgan fingerprint density at radius 3 is 2.36 bits per heavy atom. The van der Waals surface area contributed by atoms with Crippen molar-refractivity contribution in [2.45, 2.75) is 20.8 Å². The first-order valence-corrected chi connectivity index (χ1v) is 7.63. The first-order valence-electron chi connectivity index (χ1n) is 7.63. The number of methoxy groups -OCH3 is 2. The molecule has 0 saturated heterocycles. The molecule has 25 heavy (non-hydrogen) atoms. The van der Waals surface area contributed by atoms with E-state index in [4.69, 9.17) is 18.6 Å². The van der Waals surface area contributed by atoms with E-state index in [1.165, 1.54) is 14.2 Å². The van der Waals surface area contributed by atoms with Gasteiger partial charge in [-0.25, -0.2) is 4.79 Å². The van der Waals surface area contributed by atoms with Crippen molar-refractivity contribution in [2.24, 2.45) is 0 Å². The molecular formula is C18H21NO6. The molecule has 0 saturated carbocycles. The summed E-state index contributed by atoms with van der Waals surface area (Å²) in [5, 5.41) is 2.63. The van der Waals surface area contributed by atoms with Crippen LogP contribution in [0.2, 0.25) is 0 Å². The number of hydrogen-bond acceptors (Lipinski definition) is 6. The molecule has 0 aliphatic rings. The fourth-order valence-corrected chi connectivity index (χ4v) is 2.39. The van der Waals surface area contributed by atoms with E-state index in [1.54, 1.807) is 39.0 Å². The van der Waals surface area contributed by atoms with Crippen molar-refractivity contribution < 1.29 is 28.2 Å². The molecule has 0 spiro atoms. The maximum absolute atomic E-state index is 12.2. The maximum atomic E-state index is 12.2. The van der Waals surface area contributed by atoms with Gasteiger partial charge in [0, 0.05) is 11.6 Å². The molecule has 2 aromatic rings. The smallest absolute Gasteiger partial charge is 0.342 e. The third kappa shape index (κ3) is 4.12. The highest BCUT2D eigenvalue weighted by atomic mass is 16.5. The number of furan rings is 1. The van der Waals surface area contributed by atoms with Crippen LogP contribution in [0.25, 0.3) is 0 Å². The Labute approximate surface area is 145 Å². The fourth-order valence-electron chi connectivity index (χ4n) is 2.39. The molecule has 0 fully saturated rings. The number of hydrogen-bond donors (Lipinski definition) is 1. The van der Waals surface area contributed by atoms with Gasteiger partial charge in [-0.2, -0.15) is 0 Å². The molecule has 0 aliphatic heterocycles. The molecule has 1 heterocycles. The first kappa shape index (κ1) is 18.4. The largest absolute Gasteiger partial charge is 0.497 e. The van der Waals surface area contributed by atoms with Gasteiger partial charge in [0.1, 0.15) is 28.6 Å². The summed E-state index contributed by atoms with van der Waals surface area (Å²) in [5.41, 5.74) is 1.52. The van der Waals surface area contributed by atoms with E-state index in [-0.39, 0.29) is 0 Å². The highest BCUT2D eigenvalue weighted by Gasteiger charge is 2.21. The lowest BCUT2D eigenvalue weighted by Gasteiger charge is -2.11. The first-order chi connectivity index (χ1) is 11.9. The molecular weight excluding hydrogens is 326 g/mol. The van der Waals surface area contributed by atoms with E-state index >= 15 is 0 Å². The minimum atomic E-state index is -0.594. The fraction of sp³-hybridized carbons (Fsp3) is 0.333. The minimum absolute atomic E-state index is 0.354. The van der Waals surface area contributed by atoms with Gasteiger partial charge in [0.15, 0.2) is 6.61 Å². The predicted molar refractivity (Wildman–Crippen MR) is 91.4 cm³/mol. The van der Waals surface area contributed by atoms with Crippen molar-refractivity contribution in [2.75, 3.05) is 26.1 Å². The molecule has 1 N–H and O–H groups in total. The van der Waals surface area contributed by atoms with Crippen molar-refractivity contribution in [1.29, 1.82) is 0 Å². The Kier molecular flexibility index (Phi) is 5.69. The average molecular weight is 347 g/mol. The van der Waals surface area contributed by atoms with Crippen molar-refractivity contribution in [3.8, 4) is 11.5 Å². The highest BCUT2D eigenvalue weighted by Crippen LogP contribution is 2.29. The number of nitrogens with one attached hydrogen (secondary N) is 1. The van der Waals surface area contributed by atoms with Gasteiger partial charge in [-0.3, -0.25) is 4.79 Å².